The van der Waals surface area contributed by atoms with Crippen molar-refractivity contribution in [3.8, 4) is 10.4 Å². The Morgan fingerprint density at radius 1 is 1.32 bits per heavy atom. The molecular formula is C18H18N4O2S. The molecule has 4 rings (SSSR count). The number of benzene rings is 1. The van der Waals surface area contributed by atoms with E-state index in [0.29, 0.717) is 25.5 Å². The number of nitrogens with two attached hydrogens (primary N) is 1. The number of fused-ring (bicyclic) bond motifs is 1. The molecule has 6 nitrogen and oxygen atoms in total. The second-order valence-corrected chi connectivity index (χ2v) is 7.03. The van der Waals surface area contributed by atoms with Gasteiger partial charge in [-0.3, -0.25) is 4.79 Å². The maximum Gasteiger partial charge on any atom is 0.248 e. The van der Waals surface area contributed by atoms with Crippen LogP contribution in [0.4, 0.5) is 5.82 Å². The van der Waals surface area contributed by atoms with Crippen LogP contribution in [-0.4, -0.2) is 41.7 Å². The molecule has 0 aliphatic carbocycles. The van der Waals surface area contributed by atoms with Crippen LogP contribution in [0.2, 0.25) is 0 Å². The highest BCUT2D eigenvalue weighted by atomic mass is 32.1. The van der Waals surface area contributed by atoms with Gasteiger partial charge < -0.3 is 15.4 Å². The Hall–Kier alpha value is -2.51. The van der Waals surface area contributed by atoms with Gasteiger partial charge in [0.05, 0.1) is 18.5 Å². The fraction of sp³-hybridized carbons (Fsp3) is 0.278. The van der Waals surface area contributed by atoms with Gasteiger partial charge in [0, 0.05) is 11.4 Å². The molecule has 1 atom stereocenters. The fourth-order valence-electron chi connectivity index (χ4n) is 3.01. The molecule has 1 amide bonds. The van der Waals surface area contributed by atoms with E-state index in [-0.39, 0.29) is 0 Å². The first-order chi connectivity index (χ1) is 12.1. The van der Waals surface area contributed by atoms with Gasteiger partial charge in [-0.1, -0.05) is 30.3 Å². The molecule has 7 heteroatoms. The summed E-state index contributed by atoms with van der Waals surface area (Å²) in [5.41, 5.74) is 6.57. The standard InChI is InChI=1S/C18H18N4O2S/c1-11-20-17(22-7-8-24-14(10-22)16(19)23)13-9-15(25-18(13)21-11)12-5-3-2-4-6-12/h2-6,9,14H,7-8,10H2,1H3,(H2,19,23)/t14-/m1/s1. The number of thiophene rings is 1. The second-order valence-electron chi connectivity index (χ2n) is 6.00. The molecule has 2 N–H and O–H groups in total. The molecule has 2 aromatic heterocycles. The molecule has 128 valence electrons. The smallest absolute Gasteiger partial charge is 0.248 e. The number of hydrogen-bond donors (Lipinski definition) is 1. The molecule has 25 heavy (non-hydrogen) atoms. The van der Waals surface area contributed by atoms with Crippen molar-refractivity contribution >= 4 is 33.3 Å². The summed E-state index contributed by atoms with van der Waals surface area (Å²) in [6.07, 6.45) is -0.605. The highest BCUT2D eigenvalue weighted by molar-refractivity contribution is 7.21. The molecule has 1 saturated heterocycles. The number of rotatable bonds is 3. The number of primary amides is 1. The molecular weight excluding hydrogens is 336 g/mol. The summed E-state index contributed by atoms with van der Waals surface area (Å²) in [5.74, 6) is 1.11. The van der Waals surface area contributed by atoms with Gasteiger partial charge in [0.2, 0.25) is 5.91 Å². The lowest BCUT2D eigenvalue weighted by Crippen LogP contribution is -2.48. The quantitative estimate of drug-likeness (QED) is 0.781. The number of morpholine rings is 1. The van der Waals surface area contributed by atoms with Gasteiger partial charge in [-0.15, -0.1) is 11.3 Å². The first-order valence-corrected chi connectivity index (χ1v) is 8.93. The van der Waals surface area contributed by atoms with Crippen molar-refractivity contribution < 1.29 is 9.53 Å². The van der Waals surface area contributed by atoms with Crippen LogP contribution < -0.4 is 10.6 Å². The SMILES string of the molecule is Cc1nc(N2CCO[C@@H](C(N)=O)C2)c2cc(-c3ccccc3)sc2n1. The number of amides is 1. The van der Waals surface area contributed by atoms with Gasteiger partial charge in [0.1, 0.15) is 16.5 Å². The van der Waals surface area contributed by atoms with E-state index >= 15 is 0 Å². The first-order valence-electron chi connectivity index (χ1n) is 8.11. The highest BCUT2D eigenvalue weighted by Gasteiger charge is 2.27. The maximum atomic E-state index is 11.5. The van der Waals surface area contributed by atoms with E-state index in [4.69, 9.17) is 10.5 Å². The molecule has 0 spiro atoms. The zero-order valence-corrected chi connectivity index (χ0v) is 14.6. The summed E-state index contributed by atoms with van der Waals surface area (Å²) >= 11 is 1.65. The summed E-state index contributed by atoms with van der Waals surface area (Å²) in [4.78, 5) is 24.9. The van der Waals surface area contributed by atoms with Crippen LogP contribution in [-0.2, 0) is 9.53 Å². The zero-order valence-electron chi connectivity index (χ0n) is 13.8. The van der Waals surface area contributed by atoms with E-state index in [1.54, 1.807) is 11.3 Å². The first kappa shape index (κ1) is 16.0. The maximum absolute atomic E-state index is 11.5. The number of nitrogens with zero attached hydrogens (tertiary/aromatic N) is 3. The van der Waals surface area contributed by atoms with Crippen molar-refractivity contribution in [2.75, 3.05) is 24.6 Å². The van der Waals surface area contributed by atoms with E-state index < -0.39 is 12.0 Å². The van der Waals surface area contributed by atoms with E-state index in [2.05, 4.69) is 33.1 Å². The molecule has 1 fully saturated rings. The Bertz CT molecular complexity index is 925. The largest absolute Gasteiger partial charge is 0.367 e. The third-order valence-electron chi connectivity index (χ3n) is 4.23. The summed E-state index contributed by atoms with van der Waals surface area (Å²) < 4.78 is 5.45. The Kier molecular flexibility index (Phi) is 4.10. The van der Waals surface area contributed by atoms with Crippen molar-refractivity contribution in [2.24, 2.45) is 5.73 Å². The molecule has 1 aromatic carbocycles. The predicted molar refractivity (Wildman–Crippen MR) is 98.7 cm³/mol. The monoisotopic (exact) mass is 354 g/mol. The normalized spacial score (nSPS) is 17.8. The van der Waals surface area contributed by atoms with Gasteiger partial charge >= 0.3 is 0 Å². The number of carbonyl (C=O) groups excluding carboxylic acids is 1. The molecule has 0 saturated carbocycles. The third-order valence-corrected chi connectivity index (χ3v) is 5.30. The fourth-order valence-corrected chi connectivity index (χ4v) is 4.09. The molecule has 0 radical (unpaired) electrons. The summed E-state index contributed by atoms with van der Waals surface area (Å²) in [7, 11) is 0. The minimum Gasteiger partial charge on any atom is -0.367 e. The van der Waals surface area contributed by atoms with Crippen molar-refractivity contribution in [3.63, 3.8) is 0 Å². The molecule has 0 bridgehead atoms. The topological polar surface area (TPSA) is 81.3 Å². The Morgan fingerprint density at radius 3 is 2.88 bits per heavy atom. The van der Waals surface area contributed by atoms with E-state index in [1.165, 1.54) is 0 Å². The highest BCUT2D eigenvalue weighted by Crippen LogP contribution is 2.36. The third kappa shape index (κ3) is 3.08. The molecule has 3 aromatic rings. The van der Waals surface area contributed by atoms with Crippen LogP contribution in [0, 0.1) is 6.92 Å². The van der Waals surface area contributed by atoms with E-state index in [9.17, 15) is 4.79 Å². The van der Waals surface area contributed by atoms with Gasteiger partial charge in [-0.25, -0.2) is 9.97 Å². The minimum atomic E-state index is -0.605. The lowest BCUT2D eigenvalue weighted by atomic mass is 10.1. The summed E-state index contributed by atoms with van der Waals surface area (Å²) in [5, 5.41) is 1.000. The van der Waals surface area contributed by atoms with E-state index in [1.807, 2.05) is 25.1 Å². The number of carbonyl (C=O) groups is 1. The average molecular weight is 354 g/mol. The average Bonchev–Trinajstić information content (AvgIpc) is 3.05. The number of anilines is 1. The molecule has 1 aliphatic heterocycles. The van der Waals surface area contributed by atoms with Gasteiger partial charge in [-0.05, 0) is 18.6 Å². The van der Waals surface area contributed by atoms with Crippen molar-refractivity contribution in [2.45, 2.75) is 13.0 Å². The molecule has 1 aliphatic rings. The van der Waals surface area contributed by atoms with Gasteiger partial charge in [0.15, 0.2) is 6.10 Å². The summed E-state index contributed by atoms with van der Waals surface area (Å²) in [6, 6.07) is 12.3. The number of ether oxygens (including phenoxy) is 1. The van der Waals surface area contributed by atoms with Crippen LogP contribution in [0.3, 0.4) is 0 Å². The van der Waals surface area contributed by atoms with E-state index in [0.717, 1.165) is 26.5 Å². The van der Waals surface area contributed by atoms with Gasteiger partial charge in [-0.2, -0.15) is 0 Å². The molecule has 3 heterocycles. The van der Waals surface area contributed by atoms with Crippen molar-refractivity contribution in [1.82, 2.24) is 9.97 Å². The lowest BCUT2D eigenvalue weighted by Gasteiger charge is -2.32. The van der Waals surface area contributed by atoms with Crippen molar-refractivity contribution in [1.29, 1.82) is 0 Å². The zero-order chi connectivity index (χ0) is 17.4. The van der Waals surface area contributed by atoms with Crippen LogP contribution in [0.15, 0.2) is 36.4 Å². The van der Waals surface area contributed by atoms with Crippen LogP contribution in [0.25, 0.3) is 20.7 Å². The van der Waals surface area contributed by atoms with Crippen LogP contribution in [0.5, 0.6) is 0 Å². The number of hydrogen-bond acceptors (Lipinski definition) is 6. The van der Waals surface area contributed by atoms with Crippen LogP contribution in [0.1, 0.15) is 5.82 Å². The van der Waals surface area contributed by atoms with Gasteiger partial charge in [0.25, 0.3) is 0 Å². The van der Waals surface area contributed by atoms with Crippen LogP contribution >= 0.6 is 11.3 Å². The summed E-state index contributed by atoms with van der Waals surface area (Å²) in [6.45, 7) is 3.42. The molecule has 0 unspecified atom stereocenters. The predicted octanol–water partition coefficient (Wildman–Crippen LogP) is 2.36. The lowest BCUT2D eigenvalue weighted by molar-refractivity contribution is -0.130. The van der Waals surface area contributed by atoms with Crippen molar-refractivity contribution in [3.05, 3.63) is 42.2 Å². The number of aromatic nitrogens is 2. The minimum absolute atomic E-state index is 0.414. The Morgan fingerprint density at radius 2 is 2.12 bits per heavy atom. The second kappa shape index (κ2) is 6.42. The Balaban J connectivity index is 1.78. The Labute approximate surface area is 149 Å². The number of aryl methyl sites for hydroxylation is 1.